The summed E-state index contributed by atoms with van der Waals surface area (Å²) in [6.45, 7) is 2.07. The number of furan rings is 1. The summed E-state index contributed by atoms with van der Waals surface area (Å²) in [7, 11) is 0. The molecule has 3 rings (SSSR count). The van der Waals surface area contributed by atoms with Gasteiger partial charge in [-0.25, -0.2) is 15.0 Å². The van der Waals surface area contributed by atoms with E-state index in [0.29, 0.717) is 28.8 Å². The quantitative estimate of drug-likeness (QED) is 0.739. The van der Waals surface area contributed by atoms with E-state index in [1.165, 1.54) is 0 Å². The molecule has 0 spiro atoms. The van der Waals surface area contributed by atoms with Crippen molar-refractivity contribution in [2.45, 2.75) is 19.8 Å². The summed E-state index contributed by atoms with van der Waals surface area (Å²) in [5, 5.41) is 0. The van der Waals surface area contributed by atoms with Crippen molar-refractivity contribution in [3.8, 4) is 11.5 Å². The Morgan fingerprint density at radius 2 is 2.05 bits per heavy atom. The highest BCUT2D eigenvalue weighted by atomic mass is 16.3. The number of rotatable bonds is 4. The van der Waals surface area contributed by atoms with Crippen LogP contribution in [0.15, 0.2) is 28.7 Å². The Bertz CT molecular complexity index is 811. The number of hydrogen-bond acceptors (Lipinski definition) is 6. The van der Waals surface area contributed by atoms with Crippen LogP contribution in [0.25, 0.3) is 22.5 Å². The molecule has 0 radical (unpaired) electrons. The number of anilines is 1. The summed E-state index contributed by atoms with van der Waals surface area (Å²) in [6.07, 6.45) is 2.38. The molecule has 6 nitrogen and oxygen atoms in total. The van der Waals surface area contributed by atoms with Gasteiger partial charge in [0, 0.05) is 0 Å². The Morgan fingerprint density at radius 1 is 1.19 bits per heavy atom. The molecule has 0 saturated carbocycles. The molecular weight excluding hydrogens is 268 g/mol. The third-order valence-corrected chi connectivity index (χ3v) is 3.11. The van der Waals surface area contributed by atoms with Gasteiger partial charge < -0.3 is 10.2 Å². The van der Waals surface area contributed by atoms with Crippen LogP contribution in [-0.4, -0.2) is 21.2 Å². The number of nitrogens with two attached hydrogens (primary N) is 1. The summed E-state index contributed by atoms with van der Waals surface area (Å²) >= 11 is 0. The highest BCUT2D eigenvalue weighted by Gasteiger charge is 2.11. The molecule has 0 fully saturated rings. The highest BCUT2D eigenvalue weighted by Crippen LogP contribution is 2.24. The van der Waals surface area contributed by atoms with Crippen molar-refractivity contribution in [2.75, 3.05) is 5.73 Å². The van der Waals surface area contributed by atoms with Crippen molar-refractivity contribution >= 4 is 23.3 Å². The number of aryl methyl sites for hydroxylation is 1. The van der Waals surface area contributed by atoms with E-state index in [-0.39, 0.29) is 11.7 Å². The van der Waals surface area contributed by atoms with Gasteiger partial charge in [-0.05, 0) is 30.7 Å². The maximum absolute atomic E-state index is 10.7. The summed E-state index contributed by atoms with van der Waals surface area (Å²) in [6, 6.07) is 6.95. The lowest BCUT2D eigenvalue weighted by molar-refractivity contribution is 0.110. The maximum atomic E-state index is 10.7. The van der Waals surface area contributed by atoms with Gasteiger partial charge in [-0.3, -0.25) is 4.79 Å². The van der Waals surface area contributed by atoms with E-state index in [2.05, 4.69) is 21.9 Å². The van der Waals surface area contributed by atoms with E-state index >= 15 is 0 Å². The molecule has 0 aliphatic heterocycles. The van der Waals surface area contributed by atoms with E-state index in [1.54, 1.807) is 18.2 Å². The number of aromatic nitrogens is 3. The minimum Gasteiger partial charge on any atom is -0.452 e. The zero-order valence-corrected chi connectivity index (χ0v) is 11.5. The Morgan fingerprint density at radius 3 is 2.76 bits per heavy atom. The fourth-order valence-corrected chi connectivity index (χ4v) is 2.20. The second-order valence-electron chi connectivity index (χ2n) is 4.66. The van der Waals surface area contributed by atoms with Crippen molar-refractivity contribution < 1.29 is 9.21 Å². The van der Waals surface area contributed by atoms with Gasteiger partial charge in [0.15, 0.2) is 17.8 Å². The zero-order chi connectivity index (χ0) is 14.8. The summed E-state index contributed by atoms with van der Waals surface area (Å²) in [5.74, 6) is 1.06. The Hall–Kier alpha value is -2.76. The van der Waals surface area contributed by atoms with Crippen LogP contribution in [0, 0.1) is 0 Å². The van der Waals surface area contributed by atoms with Gasteiger partial charge in [-0.2, -0.15) is 0 Å². The topological polar surface area (TPSA) is 94.9 Å². The van der Waals surface area contributed by atoms with Crippen LogP contribution >= 0.6 is 0 Å². The lowest BCUT2D eigenvalue weighted by atomic mass is 10.2. The molecule has 6 heteroatoms. The first kappa shape index (κ1) is 13.2. The van der Waals surface area contributed by atoms with Crippen molar-refractivity contribution in [3.63, 3.8) is 0 Å². The predicted molar refractivity (Wildman–Crippen MR) is 78.8 cm³/mol. The fourth-order valence-electron chi connectivity index (χ4n) is 2.20. The molecule has 0 atom stereocenters. The molecule has 0 amide bonds. The number of hydrogen-bond donors (Lipinski definition) is 1. The van der Waals surface area contributed by atoms with Gasteiger partial charge in [0.1, 0.15) is 11.2 Å². The average Bonchev–Trinajstić information content (AvgIpc) is 2.96. The minimum atomic E-state index is 0.252. The molecule has 21 heavy (non-hydrogen) atoms. The summed E-state index contributed by atoms with van der Waals surface area (Å²) in [5.41, 5.74) is 8.60. The number of carbonyl (C=O) groups excluding carboxylic acids is 1. The molecule has 0 saturated heterocycles. The zero-order valence-electron chi connectivity index (χ0n) is 11.5. The van der Waals surface area contributed by atoms with E-state index < -0.39 is 0 Å². The van der Waals surface area contributed by atoms with Crippen molar-refractivity contribution in [1.29, 1.82) is 0 Å². The Kier molecular flexibility index (Phi) is 3.35. The van der Waals surface area contributed by atoms with Gasteiger partial charge >= 0.3 is 0 Å². The second-order valence-corrected chi connectivity index (χ2v) is 4.66. The monoisotopic (exact) mass is 282 g/mol. The molecule has 3 aromatic rings. The van der Waals surface area contributed by atoms with Crippen LogP contribution in [-0.2, 0) is 6.42 Å². The molecule has 0 bridgehead atoms. The first-order valence-corrected chi connectivity index (χ1v) is 6.69. The van der Waals surface area contributed by atoms with Gasteiger partial charge in [0.25, 0.3) is 0 Å². The molecule has 3 heterocycles. The molecule has 0 aromatic carbocycles. The van der Waals surface area contributed by atoms with Crippen molar-refractivity contribution in [1.82, 2.24) is 15.0 Å². The summed E-state index contributed by atoms with van der Waals surface area (Å²) < 4.78 is 5.40. The van der Waals surface area contributed by atoms with E-state index in [1.807, 2.05) is 6.07 Å². The Balaban J connectivity index is 2.15. The van der Waals surface area contributed by atoms with E-state index in [0.717, 1.165) is 18.5 Å². The van der Waals surface area contributed by atoms with Crippen LogP contribution in [0.1, 0.15) is 29.6 Å². The molecule has 106 valence electrons. The van der Waals surface area contributed by atoms with Gasteiger partial charge in [0.2, 0.25) is 5.95 Å². The summed E-state index contributed by atoms with van der Waals surface area (Å²) in [4.78, 5) is 23.7. The third-order valence-electron chi connectivity index (χ3n) is 3.11. The normalized spacial score (nSPS) is 10.9. The van der Waals surface area contributed by atoms with Crippen molar-refractivity contribution in [3.05, 3.63) is 35.7 Å². The minimum absolute atomic E-state index is 0.252. The van der Waals surface area contributed by atoms with E-state index in [4.69, 9.17) is 10.2 Å². The largest absolute Gasteiger partial charge is 0.452 e. The lowest BCUT2D eigenvalue weighted by Crippen LogP contribution is -2.02. The van der Waals surface area contributed by atoms with Gasteiger partial charge in [-0.15, -0.1) is 0 Å². The van der Waals surface area contributed by atoms with Crippen LogP contribution in [0.3, 0.4) is 0 Å². The fraction of sp³-hybridized carbons (Fsp3) is 0.200. The van der Waals surface area contributed by atoms with Gasteiger partial charge in [-0.1, -0.05) is 13.3 Å². The maximum Gasteiger partial charge on any atom is 0.220 e. The third kappa shape index (κ3) is 2.47. The van der Waals surface area contributed by atoms with Gasteiger partial charge in [0.05, 0.1) is 11.2 Å². The molecule has 0 unspecified atom stereocenters. The van der Waals surface area contributed by atoms with Crippen LogP contribution in [0.5, 0.6) is 0 Å². The number of aldehydes is 1. The van der Waals surface area contributed by atoms with Crippen LogP contribution in [0.4, 0.5) is 5.95 Å². The predicted octanol–water partition coefficient (Wildman–Crippen LogP) is 2.63. The lowest BCUT2D eigenvalue weighted by Gasteiger charge is -2.06. The smallest absolute Gasteiger partial charge is 0.220 e. The Labute approximate surface area is 121 Å². The first-order valence-electron chi connectivity index (χ1n) is 6.69. The van der Waals surface area contributed by atoms with Crippen molar-refractivity contribution in [2.24, 2.45) is 0 Å². The average molecular weight is 282 g/mol. The SMILES string of the molecule is CCCc1nc(N)nc2ccc(-c3ccc(C=O)o3)nc12. The number of nitrogen functional groups attached to an aromatic ring is 1. The number of carbonyl (C=O) groups is 1. The number of pyridine rings is 1. The van der Waals surface area contributed by atoms with E-state index in [9.17, 15) is 4.79 Å². The number of fused-ring (bicyclic) bond motifs is 1. The number of nitrogens with zero attached hydrogens (tertiary/aromatic N) is 3. The van der Waals surface area contributed by atoms with Crippen LogP contribution in [0.2, 0.25) is 0 Å². The molecule has 2 N–H and O–H groups in total. The molecule has 0 aliphatic rings. The van der Waals surface area contributed by atoms with Crippen LogP contribution < -0.4 is 5.73 Å². The standard InChI is InChI=1S/C15H14N4O2/c1-2-3-11-14-12(19-15(16)18-11)6-5-10(17-14)13-7-4-9(8-20)21-13/h4-8H,2-3H2,1H3,(H2,16,18,19). The molecule has 0 aliphatic carbocycles. The first-order chi connectivity index (χ1) is 10.2. The molecular formula is C15H14N4O2. The highest BCUT2D eigenvalue weighted by molar-refractivity contribution is 5.80. The second kappa shape index (κ2) is 5.32. The molecule has 3 aromatic heterocycles.